The highest BCUT2D eigenvalue weighted by Crippen LogP contribution is 2.19. The fourth-order valence-electron chi connectivity index (χ4n) is 1.27. The van der Waals surface area contributed by atoms with Crippen molar-refractivity contribution in [3.05, 3.63) is 35.6 Å². The molecule has 0 atom stereocenters. The molecule has 0 bridgehead atoms. The van der Waals surface area contributed by atoms with Gasteiger partial charge in [0.05, 0.1) is 5.56 Å². The second kappa shape index (κ2) is 2.96. The molecule has 2 rings (SSSR count). The lowest BCUT2D eigenvalue weighted by Crippen LogP contribution is -1.96. The molecule has 0 radical (unpaired) electrons. The SMILES string of the molecule is N#Cc1cc2cccc(F)c2nc1N. The fraction of sp³-hybridized carbons (Fsp3) is 0. The monoisotopic (exact) mass is 187 g/mol. The molecule has 0 fully saturated rings. The largest absolute Gasteiger partial charge is 0.383 e. The lowest BCUT2D eigenvalue weighted by Gasteiger charge is -2.01. The zero-order chi connectivity index (χ0) is 10.1. The molecule has 0 unspecified atom stereocenters. The van der Waals surface area contributed by atoms with Gasteiger partial charge >= 0.3 is 0 Å². The van der Waals surface area contributed by atoms with Gasteiger partial charge in [0, 0.05) is 5.39 Å². The number of benzene rings is 1. The van der Waals surface area contributed by atoms with Crippen LogP contribution in [0.25, 0.3) is 10.9 Å². The maximum Gasteiger partial charge on any atom is 0.149 e. The quantitative estimate of drug-likeness (QED) is 0.684. The maximum absolute atomic E-state index is 13.2. The molecule has 3 nitrogen and oxygen atoms in total. The number of pyridine rings is 1. The molecule has 14 heavy (non-hydrogen) atoms. The Bertz CT molecular complexity index is 543. The smallest absolute Gasteiger partial charge is 0.149 e. The Morgan fingerprint density at radius 2 is 2.21 bits per heavy atom. The first kappa shape index (κ1) is 8.45. The average Bonchev–Trinajstić information content (AvgIpc) is 2.19. The number of nitrogen functional groups attached to an aromatic ring is 1. The predicted molar refractivity (Wildman–Crippen MR) is 50.8 cm³/mol. The number of aromatic nitrogens is 1. The lowest BCUT2D eigenvalue weighted by molar-refractivity contribution is 0.637. The molecule has 0 saturated heterocycles. The Hall–Kier alpha value is -2.15. The van der Waals surface area contributed by atoms with Gasteiger partial charge in [-0.05, 0) is 12.1 Å². The number of para-hydroxylation sites is 1. The van der Waals surface area contributed by atoms with Crippen LogP contribution in [0.2, 0.25) is 0 Å². The predicted octanol–water partition coefficient (Wildman–Crippen LogP) is 1.83. The van der Waals surface area contributed by atoms with Gasteiger partial charge in [-0.1, -0.05) is 12.1 Å². The van der Waals surface area contributed by atoms with E-state index in [1.165, 1.54) is 12.1 Å². The van der Waals surface area contributed by atoms with E-state index in [0.717, 1.165) is 0 Å². The number of hydrogen-bond donors (Lipinski definition) is 1. The standard InChI is InChI=1S/C10H6FN3/c11-8-3-1-2-6-4-7(5-12)10(13)14-9(6)8/h1-4H,(H2,13,14). The van der Waals surface area contributed by atoms with Crippen LogP contribution in [-0.4, -0.2) is 4.98 Å². The van der Waals surface area contributed by atoms with Crippen molar-refractivity contribution in [1.82, 2.24) is 4.98 Å². The van der Waals surface area contributed by atoms with E-state index >= 15 is 0 Å². The van der Waals surface area contributed by atoms with Gasteiger partial charge in [-0.2, -0.15) is 5.26 Å². The van der Waals surface area contributed by atoms with Crippen LogP contribution >= 0.6 is 0 Å². The maximum atomic E-state index is 13.2. The summed E-state index contributed by atoms with van der Waals surface area (Å²) in [4.78, 5) is 3.83. The Morgan fingerprint density at radius 1 is 1.43 bits per heavy atom. The third-order valence-corrected chi connectivity index (χ3v) is 1.95. The molecule has 0 saturated carbocycles. The van der Waals surface area contributed by atoms with Gasteiger partial charge in [0.2, 0.25) is 0 Å². The number of halogens is 1. The van der Waals surface area contributed by atoms with Crippen molar-refractivity contribution < 1.29 is 4.39 Å². The summed E-state index contributed by atoms with van der Waals surface area (Å²) in [6.07, 6.45) is 0. The summed E-state index contributed by atoms with van der Waals surface area (Å²) in [5.41, 5.74) is 5.93. The van der Waals surface area contributed by atoms with Crippen LogP contribution in [0.4, 0.5) is 10.2 Å². The van der Waals surface area contributed by atoms with Gasteiger partial charge in [0.25, 0.3) is 0 Å². The number of nitrogens with zero attached hydrogens (tertiary/aromatic N) is 2. The Balaban J connectivity index is 2.88. The highest BCUT2D eigenvalue weighted by molar-refractivity contribution is 5.82. The number of rotatable bonds is 0. The summed E-state index contributed by atoms with van der Waals surface area (Å²) in [5, 5.41) is 9.26. The van der Waals surface area contributed by atoms with E-state index in [9.17, 15) is 4.39 Å². The first-order chi connectivity index (χ1) is 6.72. The first-order valence-electron chi connectivity index (χ1n) is 3.97. The van der Waals surface area contributed by atoms with Crippen molar-refractivity contribution in [2.45, 2.75) is 0 Å². The molecule has 2 aromatic rings. The van der Waals surface area contributed by atoms with Crippen molar-refractivity contribution in [3.63, 3.8) is 0 Å². The van der Waals surface area contributed by atoms with Crippen LogP contribution in [0.3, 0.4) is 0 Å². The summed E-state index contributed by atoms with van der Waals surface area (Å²) in [5.74, 6) is -0.371. The summed E-state index contributed by atoms with van der Waals surface area (Å²) in [7, 11) is 0. The molecule has 68 valence electrons. The van der Waals surface area contributed by atoms with Gasteiger partial charge in [0.1, 0.15) is 23.2 Å². The van der Waals surface area contributed by atoms with E-state index in [1.54, 1.807) is 12.1 Å². The Kier molecular flexibility index (Phi) is 1.79. The van der Waals surface area contributed by atoms with Crippen LogP contribution in [-0.2, 0) is 0 Å². The summed E-state index contributed by atoms with van der Waals surface area (Å²) in [6.45, 7) is 0. The van der Waals surface area contributed by atoms with Crippen LogP contribution in [0.1, 0.15) is 5.56 Å². The second-order valence-corrected chi connectivity index (χ2v) is 2.84. The molecule has 4 heteroatoms. The van der Waals surface area contributed by atoms with Crippen LogP contribution < -0.4 is 5.73 Å². The molecule has 1 aromatic carbocycles. The molecule has 0 aliphatic heterocycles. The highest BCUT2D eigenvalue weighted by atomic mass is 19.1. The molecule has 0 spiro atoms. The third-order valence-electron chi connectivity index (χ3n) is 1.95. The van der Waals surface area contributed by atoms with E-state index in [0.29, 0.717) is 5.39 Å². The Morgan fingerprint density at radius 3 is 2.93 bits per heavy atom. The number of hydrogen-bond acceptors (Lipinski definition) is 3. The third kappa shape index (κ3) is 1.15. The minimum absolute atomic E-state index is 0.0603. The fourth-order valence-corrected chi connectivity index (χ4v) is 1.27. The van der Waals surface area contributed by atoms with Crippen molar-refractivity contribution in [3.8, 4) is 6.07 Å². The number of fused-ring (bicyclic) bond motifs is 1. The molecule has 0 aliphatic carbocycles. The van der Waals surface area contributed by atoms with Gasteiger partial charge in [0.15, 0.2) is 0 Å². The molecular weight excluding hydrogens is 181 g/mol. The zero-order valence-corrected chi connectivity index (χ0v) is 7.16. The summed E-state index contributed by atoms with van der Waals surface area (Å²) < 4.78 is 13.2. The van der Waals surface area contributed by atoms with Gasteiger partial charge < -0.3 is 5.73 Å². The number of nitrogens with two attached hydrogens (primary N) is 1. The van der Waals surface area contributed by atoms with E-state index in [1.807, 2.05) is 6.07 Å². The second-order valence-electron chi connectivity index (χ2n) is 2.84. The topological polar surface area (TPSA) is 62.7 Å². The van der Waals surface area contributed by atoms with Gasteiger partial charge in [-0.25, -0.2) is 9.37 Å². The van der Waals surface area contributed by atoms with Gasteiger partial charge in [-0.15, -0.1) is 0 Å². The number of anilines is 1. The van der Waals surface area contributed by atoms with Crippen molar-refractivity contribution >= 4 is 16.7 Å². The van der Waals surface area contributed by atoms with Crippen LogP contribution in [0, 0.1) is 17.1 Å². The lowest BCUT2D eigenvalue weighted by atomic mass is 10.1. The molecule has 2 N–H and O–H groups in total. The minimum atomic E-state index is -0.432. The zero-order valence-electron chi connectivity index (χ0n) is 7.16. The van der Waals surface area contributed by atoms with Crippen molar-refractivity contribution in [2.24, 2.45) is 0 Å². The first-order valence-corrected chi connectivity index (χ1v) is 3.97. The summed E-state index contributed by atoms with van der Waals surface area (Å²) >= 11 is 0. The highest BCUT2D eigenvalue weighted by Gasteiger charge is 2.06. The molecule has 0 amide bonds. The molecular formula is C10H6FN3. The van der Waals surface area contributed by atoms with Crippen LogP contribution in [0.5, 0.6) is 0 Å². The van der Waals surface area contributed by atoms with Gasteiger partial charge in [-0.3, -0.25) is 0 Å². The van der Waals surface area contributed by atoms with Crippen molar-refractivity contribution in [1.29, 1.82) is 5.26 Å². The Labute approximate surface area is 79.6 Å². The minimum Gasteiger partial charge on any atom is -0.383 e. The number of nitriles is 1. The van der Waals surface area contributed by atoms with E-state index in [-0.39, 0.29) is 16.9 Å². The summed E-state index contributed by atoms with van der Waals surface area (Å²) in [6, 6.07) is 7.98. The van der Waals surface area contributed by atoms with Crippen LogP contribution in [0.15, 0.2) is 24.3 Å². The van der Waals surface area contributed by atoms with E-state index in [2.05, 4.69) is 4.98 Å². The normalized spacial score (nSPS) is 10.0. The molecule has 0 aliphatic rings. The molecule has 1 heterocycles. The molecule has 1 aromatic heterocycles. The average molecular weight is 187 g/mol. The van der Waals surface area contributed by atoms with Crippen molar-refractivity contribution in [2.75, 3.05) is 5.73 Å². The van der Waals surface area contributed by atoms with E-state index in [4.69, 9.17) is 11.0 Å². The van der Waals surface area contributed by atoms with E-state index < -0.39 is 5.82 Å².